The number of fused-ring (bicyclic) bond motifs is 1. The van der Waals surface area contributed by atoms with Crippen molar-refractivity contribution in [3.05, 3.63) is 95.6 Å². The highest BCUT2D eigenvalue weighted by Gasteiger charge is 2.19. The van der Waals surface area contributed by atoms with Crippen molar-refractivity contribution in [1.82, 2.24) is 4.57 Å². The molecule has 5 rings (SSSR count). The number of benzene rings is 3. The molecule has 0 aliphatic rings. The van der Waals surface area contributed by atoms with E-state index >= 15 is 0 Å². The summed E-state index contributed by atoms with van der Waals surface area (Å²) in [7, 11) is -3.77. The van der Waals surface area contributed by atoms with Gasteiger partial charge in [0.05, 0.1) is 10.6 Å². The van der Waals surface area contributed by atoms with E-state index in [1.54, 1.807) is 12.1 Å². The predicted molar refractivity (Wildman–Crippen MR) is 128 cm³/mol. The Morgan fingerprint density at radius 2 is 1.59 bits per heavy atom. The highest BCUT2D eigenvalue weighted by Crippen LogP contribution is 2.37. The first-order chi connectivity index (χ1) is 15.3. The predicted octanol–water partition coefficient (Wildman–Crippen LogP) is 6.17. The van der Waals surface area contributed by atoms with Crippen molar-refractivity contribution in [2.24, 2.45) is 5.14 Å². The number of hydrogen-bond acceptors (Lipinski definition) is 3. The maximum atomic E-state index is 11.7. The molecule has 160 valence electrons. The van der Waals surface area contributed by atoms with Gasteiger partial charge in [0.2, 0.25) is 10.0 Å². The van der Waals surface area contributed by atoms with Crippen molar-refractivity contribution in [2.45, 2.75) is 11.8 Å². The second-order valence-corrected chi connectivity index (χ2v) is 9.56. The largest absolute Gasteiger partial charge is 0.456 e. The fourth-order valence-electron chi connectivity index (χ4n) is 3.92. The summed E-state index contributed by atoms with van der Waals surface area (Å²) in [6.45, 7) is 2.01. The summed E-state index contributed by atoms with van der Waals surface area (Å²) in [6, 6.07) is 26.1. The Balaban J connectivity index is 1.73. The lowest BCUT2D eigenvalue weighted by Crippen LogP contribution is -2.12. The van der Waals surface area contributed by atoms with Crippen LogP contribution >= 0.6 is 11.6 Å². The Bertz CT molecular complexity index is 1510. The minimum Gasteiger partial charge on any atom is -0.456 e. The van der Waals surface area contributed by atoms with Crippen LogP contribution in [0.5, 0.6) is 0 Å². The van der Waals surface area contributed by atoms with E-state index in [0.29, 0.717) is 5.02 Å². The van der Waals surface area contributed by atoms with Gasteiger partial charge < -0.3 is 8.98 Å². The summed E-state index contributed by atoms with van der Waals surface area (Å²) in [5, 5.41) is 6.95. The summed E-state index contributed by atoms with van der Waals surface area (Å²) >= 11 is 6.10. The Morgan fingerprint density at radius 1 is 0.906 bits per heavy atom. The average Bonchev–Trinajstić information content (AvgIpc) is 3.34. The zero-order valence-electron chi connectivity index (χ0n) is 17.1. The summed E-state index contributed by atoms with van der Waals surface area (Å²) in [6.07, 6.45) is 0. The number of furan rings is 1. The Hall–Kier alpha value is -3.32. The molecule has 2 aromatic heterocycles. The number of nitrogens with two attached hydrogens (primary N) is 1. The normalized spacial score (nSPS) is 11.8. The molecule has 0 saturated carbocycles. The molecule has 0 amide bonds. The maximum Gasteiger partial charge on any atom is 0.238 e. The SMILES string of the molecule is Cc1c(-c2cc3ccccc3o2)cc(-c2ccc(Cl)cc2)n1-c1ccc(S(N)(=O)=O)cc1. The Morgan fingerprint density at radius 3 is 2.25 bits per heavy atom. The standard InChI is InChI=1S/C25H19ClN2O3S/c1-16-22(25-14-18-4-2-3-5-24(18)31-25)15-23(17-6-8-19(26)9-7-17)28(16)20-10-12-21(13-11-20)32(27,29)30/h2-15H,1H3,(H2,27,29,30). The van der Waals surface area contributed by atoms with E-state index in [1.165, 1.54) is 12.1 Å². The van der Waals surface area contributed by atoms with E-state index in [0.717, 1.165) is 44.9 Å². The number of rotatable bonds is 4. The van der Waals surface area contributed by atoms with Crippen molar-refractivity contribution in [3.63, 3.8) is 0 Å². The minimum atomic E-state index is -3.77. The molecule has 0 unspecified atom stereocenters. The van der Waals surface area contributed by atoms with Crippen LogP contribution in [0.15, 0.2) is 94.2 Å². The van der Waals surface area contributed by atoms with Crippen molar-refractivity contribution in [2.75, 3.05) is 0 Å². The number of halogens is 1. The molecule has 0 saturated heterocycles. The third-order valence-electron chi connectivity index (χ3n) is 5.50. The lowest BCUT2D eigenvalue weighted by Gasteiger charge is -2.13. The molecule has 2 N–H and O–H groups in total. The summed E-state index contributed by atoms with van der Waals surface area (Å²) in [5.74, 6) is 0.763. The number of aromatic nitrogens is 1. The minimum absolute atomic E-state index is 0.0663. The highest BCUT2D eigenvalue weighted by molar-refractivity contribution is 7.89. The van der Waals surface area contributed by atoms with Crippen LogP contribution in [-0.2, 0) is 10.0 Å². The molecule has 5 aromatic rings. The third-order valence-corrected chi connectivity index (χ3v) is 6.68. The van der Waals surface area contributed by atoms with Crippen molar-refractivity contribution < 1.29 is 12.8 Å². The van der Waals surface area contributed by atoms with E-state index in [2.05, 4.69) is 10.6 Å². The second-order valence-electron chi connectivity index (χ2n) is 7.56. The molecule has 2 heterocycles. The van der Waals surface area contributed by atoms with Crippen LogP contribution in [0.3, 0.4) is 0 Å². The van der Waals surface area contributed by atoms with Gasteiger partial charge in [0, 0.05) is 27.4 Å². The van der Waals surface area contributed by atoms with Gasteiger partial charge in [-0.3, -0.25) is 0 Å². The van der Waals surface area contributed by atoms with Gasteiger partial charge >= 0.3 is 0 Å². The van der Waals surface area contributed by atoms with Crippen LogP contribution in [-0.4, -0.2) is 13.0 Å². The van der Waals surface area contributed by atoms with Gasteiger partial charge in [0.25, 0.3) is 0 Å². The summed E-state index contributed by atoms with van der Waals surface area (Å²) < 4.78 is 31.6. The highest BCUT2D eigenvalue weighted by atomic mass is 35.5. The van der Waals surface area contributed by atoms with Crippen LogP contribution < -0.4 is 5.14 Å². The second kappa shape index (κ2) is 7.67. The van der Waals surface area contributed by atoms with Crippen molar-refractivity contribution in [3.8, 4) is 28.3 Å². The smallest absolute Gasteiger partial charge is 0.238 e. The molecule has 3 aromatic carbocycles. The van der Waals surface area contributed by atoms with Crippen molar-refractivity contribution in [1.29, 1.82) is 0 Å². The van der Waals surface area contributed by atoms with Gasteiger partial charge in [-0.15, -0.1) is 0 Å². The van der Waals surface area contributed by atoms with Crippen LogP contribution in [0.25, 0.3) is 39.2 Å². The molecule has 0 aliphatic heterocycles. The number of para-hydroxylation sites is 1. The first-order valence-corrected chi connectivity index (χ1v) is 11.8. The fraction of sp³-hybridized carbons (Fsp3) is 0.0400. The van der Waals surface area contributed by atoms with Gasteiger partial charge in [-0.05, 0) is 67.1 Å². The monoisotopic (exact) mass is 462 g/mol. The first kappa shape index (κ1) is 20.6. The zero-order chi connectivity index (χ0) is 22.5. The molecule has 0 radical (unpaired) electrons. The number of nitrogens with zero attached hydrogens (tertiary/aromatic N) is 1. The molecule has 0 atom stereocenters. The molecule has 0 aliphatic carbocycles. The number of primary sulfonamides is 1. The van der Waals surface area contributed by atoms with Crippen molar-refractivity contribution >= 4 is 32.6 Å². The Kier molecular flexibility index (Phi) is 4.93. The molecular weight excluding hydrogens is 444 g/mol. The van der Waals surface area contributed by atoms with E-state index in [1.807, 2.05) is 61.5 Å². The molecule has 0 fully saturated rings. The molecule has 32 heavy (non-hydrogen) atoms. The van der Waals surface area contributed by atoms with E-state index in [-0.39, 0.29) is 4.90 Å². The molecular formula is C25H19ClN2O3S. The number of sulfonamides is 1. The van der Waals surface area contributed by atoms with Gasteiger partial charge in [0.1, 0.15) is 11.3 Å². The van der Waals surface area contributed by atoms with Gasteiger partial charge in [-0.1, -0.05) is 41.9 Å². The first-order valence-electron chi connectivity index (χ1n) is 9.92. The van der Waals surface area contributed by atoms with Crippen LogP contribution in [0.4, 0.5) is 0 Å². The summed E-state index contributed by atoms with van der Waals surface area (Å²) in [5.41, 5.74) is 5.43. The van der Waals surface area contributed by atoms with E-state index < -0.39 is 10.0 Å². The lowest BCUT2D eigenvalue weighted by atomic mass is 10.1. The van der Waals surface area contributed by atoms with Crippen LogP contribution in [0.1, 0.15) is 5.69 Å². The fourth-order valence-corrected chi connectivity index (χ4v) is 4.56. The van der Waals surface area contributed by atoms with Gasteiger partial charge in [-0.2, -0.15) is 0 Å². The third kappa shape index (κ3) is 3.62. The van der Waals surface area contributed by atoms with E-state index in [9.17, 15) is 8.42 Å². The lowest BCUT2D eigenvalue weighted by molar-refractivity contribution is 0.598. The average molecular weight is 463 g/mol. The molecule has 7 heteroatoms. The van der Waals surface area contributed by atoms with Gasteiger partial charge in [0.15, 0.2) is 0 Å². The van der Waals surface area contributed by atoms with Crippen LogP contribution in [0, 0.1) is 6.92 Å². The molecule has 0 spiro atoms. The van der Waals surface area contributed by atoms with E-state index in [4.69, 9.17) is 21.2 Å². The number of hydrogen-bond donors (Lipinski definition) is 1. The molecule has 0 bridgehead atoms. The Labute approximate surface area is 190 Å². The topological polar surface area (TPSA) is 78.2 Å². The zero-order valence-corrected chi connectivity index (χ0v) is 18.7. The summed E-state index contributed by atoms with van der Waals surface area (Å²) in [4.78, 5) is 0.0663. The quantitative estimate of drug-likeness (QED) is 0.347. The van der Waals surface area contributed by atoms with Gasteiger partial charge in [-0.25, -0.2) is 13.6 Å². The van der Waals surface area contributed by atoms with Crippen LogP contribution in [0.2, 0.25) is 5.02 Å². The molecule has 5 nitrogen and oxygen atoms in total. The maximum absolute atomic E-state index is 11.7.